The summed E-state index contributed by atoms with van der Waals surface area (Å²) in [6.07, 6.45) is 2.82. The molecule has 0 radical (unpaired) electrons. The van der Waals surface area contributed by atoms with Crippen LogP contribution in [0.15, 0.2) is 53.6 Å². The minimum Gasteiger partial charge on any atom is -0.493 e. The molecule has 3 aromatic rings. The Morgan fingerprint density at radius 3 is 2.67 bits per heavy atom. The van der Waals surface area contributed by atoms with Gasteiger partial charge in [-0.3, -0.25) is 4.79 Å². The zero-order valence-corrected chi connectivity index (χ0v) is 16.6. The molecule has 0 spiro atoms. The molecule has 1 amide bonds. The van der Waals surface area contributed by atoms with E-state index in [2.05, 4.69) is 28.2 Å². The van der Waals surface area contributed by atoms with Gasteiger partial charge >= 0.3 is 0 Å². The smallest absolute Gasteiger partial charge is 0.230 e. The molecule has 0 atom stereocenters. The Morgan fingerprint density at radius 2 is 1.89 bits per heavy atom. The summed E-state index contributed by atoms with van der Waals surface area (Å²) in [6.45, 7) is 0.588. The molecule has 6 heteroatoms. The predicted octanol–water partition coefficient (Wildman–Crippen LogP) is 3.65. The van der Waals surface area contributed by atoms with Gasteiger partial charge in [-0.1, -0.05) is 24.3 Å². The average molecular weight is 385 g/mol. The Kier molecular flexibility index (Phi) is 6.29. The fourth-order valence-electron chi connectivity index (χ4n) is 3.00. The van der Waals surface area contributed by atoms with Crippen molar-refractivity contribution >= 4 is 28.6 Å². The van der Waals surface area contributed by atoms with Crippen molar-refractivity contribution in [3.8, 4) is 11.5 Å². The van der Waals surface area contributed by atoms with Gasteiger partial charge in [0, 0.05) is 35.6 Å². The molecule has 0 aliphatic heterocycles. The summed E-state index contributed by atoms with van der Waals surface area (Å²) in [6, 6.07) is 14.0. The van der Waals surface area contributed by atoms with Crippen molar-refractivity contribution in [1.82, 2.24) is 9.88 Å². The summed E-state index contributed by atoms with van der Waals surface area (Å²) in [4.78, 5) is 13.3. The van der Waals surface area contributed by atoms with E-state index in [9.17, 15) is 4.79 Å². The van der Waals surface area contributed by atoms with E-state index in [-0.39, 0.29) is 5.91 Å². The second-order valence-electron chi connectivity index (χ2n) is 6.20. The van der Waals surface area contributed by atoms with Crippen LogP contribution in [0.4, 0.5) is 0 Å². The molecule has 0 fully saturated rings. The van der Waals surface area contributed by atoms with E-state index >= 15 is 0 Å². The van der Waals surface area contributed by atoms with Crippen LogP contribution in [-0.2, 0) is 18.3 Å². The van der Waals surface area contributed by atoms with E-state index in [0.29, 0.717) is 23.8 Å². The number of methoxy groups -OCH3 is 2. The van der Waals surface area contributed by atoms with Gasteiger partial charge in [-0.25, -0.2) is 0 Å². The van der Waals surface area contributed by atoms with Crippen molar-refractivity contribution < 1.29 is 14.3 Å². The number of nitrogens with one attached hydrogen (secondary N) is 1. The average Bonchev–Trinajstić information content (AvgIpc) is 3.02. The molecule has 2 aromatic carbocycles. The zero-order valence-electron chi connectivity index (χ0n) is 15.8. The van der Waals surface area contributed by atoms with Crippen LogP contribution in [0.2, 0.25) is 0 Å². The van der Waals surface area contributed by atoms with E-state index in [1.54, 1.807) is 26.0 Å². The summed E-state index contributed by atoms with van der Waals surface area (Å²) in [5.41, 5.74) is 2.27. The summed E-state index contributed by atoms with van der Waals surface area (Å²) >= 11 is 1.57. The minimum atomic E-state index is 0.0356. The van der Waals surface area contributed by atoms with Gasteiger partial charge in [0.2, 0.25) is 5.91 Å². The van der Waals surface area contributed by atoms with Gasteiger partial charge < -0.3 is 19.4 Å². The lowest BCUT2D eigenvalue weighted by Gasteiger charge is -2.10. The molecule has 0 aliphatic rings. The van der Waals surface area contributed by atoms with Crippen LogP contribution in [0.1, 0.15) is 5.56 Å². The molecule has 0 saturated carbocycles. The first-order valence-electron chi connectivity index (χ1n) is 8.77. The number of thioether (sulfide) groups is 1. The number of carbonyl (C=O) groups is 1. The summed E-state index contributed by atoms with van der Waals surface area (Å²) in [5, 5.41) is 4.17. The Balaban J connectivity index is 1.50. The number of ether oxygens (including phenoxy) is 2. The molecule has 5 nitrogen and oxygen atoms in total. The van der Waals surface area contributed by atoms with Crippen molar-refractivity contribution in [2.45, 2.75) is 11.3 Å². The van der Waals surface area contributed by atoms with E-state index < -0.39 is 0 Å². The molecule has 1 heterocycles. The maximum atomic E-state index is 12.2. The van der Waals surface area contributed by atoms with E-state index in [4.69, 9.17) is 9.47 Å². The van der Waals surface area contributed by atoms with E-state index in [1.165, 1.54) is 10.9 Å². The largest absolute Gasteiger partial charge is 0.493 e. The number of aryl methyl sites for hydroxylation is 1. The van der Waals surface area contributed by atoms with Crippen molar-refractivity contribution in [1.29, 1.82) is 0 Å². The number of carbonyl (C=O) groups excluding carboxylic acids is 1. The lowest BCUT2D eigenvalue weighted by molar-refractivity contribution is -0.118. The van der Waals surface area contributed by atoms with Gasteiger partial charge in [-0.05, 0) is 30.2 Å². The van der Waals surface area contributed by atoms with Gasteiger partial charge in [0.05, 0.1) is 20.0 Å². The number of hydrogen-bond acceptors (Lipinski definition) is 4. The maximum Gasteiger partial charge on any atom is 0.230 e. The van der Waals surface area contributed by atoms with Gasteiger partial charge in [-0.15, -0.1) is 11.8 Å². The van der Waals surface area contributed by atoms with Crippen molar-refractivity contribution in [2.75, 3.05) is 26.5 Å². The Morgan fingerprint density at radius 1 is 1.11 bits per heavy atom. The molecule has 142 valence electrons. The highest BCUT2D eigenvalue weighted by Crippen LogP contribution is 2.29. The fraction of sp³-hybridized carbons (Fsp3) is 0.286. The van der Waals surface area contributed by atoms with Gasteiger partial charge in [-0.2, -0.15) is 0 Å². The first-order valence-corrected chi connectivity index (χ1v) is 9.75. The van der Waals surface area contributed by atoms with E-state index in [1.807, 2.05) is 37.4 Å². The normalized spacial score (nSPS) is 10.8. The van der Waals surface area contributed by atoms with Crippen LogP contribution >= 0.6 is 11.8 Å². The van der Waals surface area contributed by atoms with Gasteiger partial charge in [0.25, 0.3) is 0 Å². The maximum absolute atomic E-state index is 12.2. The molecular weight excluding hydrogens is 360 g/mol. The third-order valence-corrected chi connectivity index (χ3v) is 5.45. The Hall–Kier alpha value is -2.60. The Labute approximate surface area is 163 Å². The van der Waals surface area contributed by atoms with Crippen LogP contribution in [0.25, 0.3) is 10.9 Å². The first kappa shape index (κ1) is 19.2. The van der Waals surface area contributed by atoms with Crippen molar-refractivity contribution in [2.24, 2.45) is 7.05 Å². The van der Waals surface area contributed by atoms with Crippen molar-refractivity contribution in [3.05, 3.63) is 54.2 Å². The first-order chi connectivity index (χ1) is 13.1. The number of hydrogen-bond donors (Lipinski definition) is 1. The summed E-state index contributed by atoms with van der Waals surface area (Å²) < 4.78 is 12.6. The number of rotatable bonds is 8. The van der Waals surface area contributed by atoms with Crippen molar-refractivity contribution in [3.63, 3.8) is 0 Å². The van der Waals surface area contributed by atoms with Crippen LogP contribution < -0.4 is 14.8 Å². The van der Waals surface area contributed by atoms with Crippen LogP contribution in [0.5, 0.6) is 11.5 Å². The fourth-order valence-corrected chi connectivity index (χ4v) is 3.95. The number of aromatic nitrogens is 1. The predicted molar refractivity (Wildman–Crippen MR) is 110 cm³/mol. The molecular formula is C21H24N2O3S. The van der Waals surface area contributed by atoms with E-state index in [0.717, 1.165) is 16.9 Å². The van der Waals surface area contributed by atoms with Gasteiger partial charge in [0.15, 0.2) is 11.5 Å². The Bertz CT molecular complexity index is 936. The number of para-hydroxylation sites is 1. The molecule has 1 aromatic heterocycles. The lowest BCUT2D eigenvalue weighted by atomic mass is 10.1. The molecule has 0 saturated heterocycles. The van der Waals surface area contributed by atoms with Gasteiger partial charge in [0.1, 0.15) is 0 Å². The zero-order chi connectivity index (χ0) is 19.2. The second-order valence-corrected chi connectivity index (χ2v) is 7.22. The van der Waals surface area contributed by atoms with Crippen LogP contribution in [-0.4, -0.2) is 37.0 Å². The monoisotopic (exact) mass is 384 g/mol. The molecule has 1 N–H and O–H groups in total. The number of amides is 1. The third-order valence-electron chi connectivity index (χ3n) is 4.40. The lowest BCUT2D eigenvalue weighted by Crippen LogP contribution is -2.27. The molecule has 0 unspecified atom stereocenters. The quantitative estimate of drug-likeness (QED) is 0.603. The SMILES string of the molecule is COc1ccc(CCNC(=O)CSc2cn(C)c3ccccc23)cc1OC. The summed E-state index contributed by atoms with van der Waals surface area (Å²) in [7, 11) is 5.26. The second kappa shape index (κ2) is 8.86. The standard InChI is InChI=1S/C21H24N2O3S/c1-23-13-20(16-6-4-5-7-17(16)23)27-14-21(24)22-11-10-15-8-9-18(25-2)19(12-15)26-3/h4-9,12-13H,10-11,14H2,1-3H3,(H,22,24). The molecule has 0 aliphatic carbocycles. The molecule has 3 rings (SSSR count). The summed E-state index contributed by atoms with van der Waals surface area (Å²) in [5.74, 6) is 1.85. The number of fused-ring (bicyclic) bond motifs is 1. The van der Waals surface area contributed by atoms with Crippen LogP contribution in [0, 0.1) is 0 Å². The highest BCUT2D eigenvalue weighted by atomic mass is 32.2. The highest BCUT2D eigenvalue weighted by molar-refractivity contribution is 8.00. The van der Waals surface area contributed by atoms with Crippen LogP contribution in [0.3, 0.4) is 0 Å². The number of benzene rings is 2. The topological polar surface area (TPSA) is 52.5 Å². The minimum absolute atomic E-state index is 0.0356. The number of nitrogens with zero attached hydrogens (tertiary/aromatic N) is 1. The molecule has 0 bridgehead atoms. The highest BCUT2D eigenvalue weighted by Gasteiger charge is 2.09. The molecule has 27 heavy (non-hydrogen) atoms. The third kappa shape index (κ3) is 4.57.